The molecule has 2 aromatic rings. The number of anilines is 2. The molecule has 0 bridgehead atoms. The molecule has 2 N–H and O–H groups in total. The number of carboxylic acids is 1. The summed E-state index contributed by atoms with van der Waals surface area (Å²) in [5, 5.41) is 20.7. The molecule has 9 heteroatoms. The lowest BCUT2D eigenvalue weighted by atomic mass is 10.3. The number of benzene rings is 1. The molecule has 0 unspecified atom stereocenters. The van der Waals surface area contributed by atoms with Crippen LogP contribution in [0.1, 0.15) is 0 Å². The van der Waals surface area contributed by atoms with Gasteiger partial charge in [-0.05, 0) is 12.1 Å². The number of aromatic nitrogens is 2. The Hall–Kier alpha value is -1.02. The van der Waals surface area contributed by atoms with Gasteiger partial charge in [-0.1, -0.05) is 52.4 Å². The Kier molecular flexibility index (Phi) is 4.87. The molecule has 19 heavy (non-hydrogen) atoms. The van der Waals surface area contributed by atoms with Crippen molar-refractivity contribution in [2.24, 2.45) is 0 Å². The van der Waals surface area contributed by atoms with Crippen LogP contribution in [0.4, 0.5) is 10.8 Å². The summed E-state index contributed by atoms with van der Waals surface area (Å²) in [6.07, 6.45) is 0. The van der Waals surface area contributed by atoms with Gasteiger partial charge in [-0.2, -0.15) is 0 Å². The SMILES string of the molecule is O=C(O)CSc1nnc(Nc2cccc(Cl)c2Cl)s1. The maximum atomic E-state index is 10.4. The van der Waals surface area contributed by atoms with Gasteiger partial charge in [0.25, 0.3) is 0 Å². The Balaban J connectivity index is 2.07. The summed E-state index contributed by atoms with van der Waals surface area (Å²) >= 11 is 14.3. The minimum Gasteiger partial charge on any atom is -0.481 e. The van der Waals surface area contributed by atoms with Gasteiger partial charge >= 0.3 is 5.97 Å². The van der Waals surface area contributed by atoms with E-state index in [2.05, 4.69) is 15.5 Å². The molecule has 0 fully saturated rings. The highest BCUT2D eigenvalue weighted by atomic mass is 35.5. The van der Waals surface area contributed by atoms with E-state index in [-0.39, 0.29) is 5.75 Å². The fourth-order valence-electron chi connectivity index (χ4n) is 1.16. The zero-order valence-corrected chi connectivity index (χ0v) is 12.4. The third-order valence-corrected chi connectivity index (χ3v) is 4.69. The highest BCUT2D eigenvalue weighted by molar-refractivity contribution is 8.01. The van der Waals surface area contributed by atoms with Crippen molar-refractivity contribution < 1.29 is 9.90 Å². The summed E-state index contributed by atoms with van der Waals surface area (Å²) < 4.78 is 0.572. The number of nitrogens with one attached hydrogen (secondary N) is 1. The van der Waals surface area contributed by atoms with Crippen LogP contribution in [0.15, 0.2) is 22.5 Å². The third kappa shape index (κ3) is 3.97. The van der Waals surface area contributed by atoms with Crippen LogP contribution >= 0.6 is 46.3 Å². The number of hydrogen-bond donors (Lipinski definition) is 2. The topological polar surface area (TPSA) is 75.1 Å². The molecule has 0 spiro atoms. The number of thioether (sulfide) groups is 1. The summed E-state index contributed by atoms with van der Waals surface area (Å²) in [7, 11) is 0. The molecular weight excluding hydrogens is 329 g/mol. The van der Waals surface area contributed by atoms with Crippen LogP contribution in [0.25, 0.3) is 0 Å². The van der Waals surface area contributed by atoms with Crippen molar-refractivity contribution in [1.29, 1.82) is 0 Å². The summed E-state index contributed by atoms with van der Waals surface area (Å²) in [4.78, 5) is 10.4. The lowest BCUT2D eigenvalue weighted by Gasteiger charge is -2.05. The number of hydrogen-bond acceptors (Lipinski definition) is 6. The second-order valence-electron chi connectivity index (χ2n) is 3.28. The van der Waals surface area contributed by atoms with E-state index in [1.165, 1.54) is 11.3 Å². The van der Waals surface area contributed by atoms with Crippen LogP contribution in [-0.2, 0) is 4.79 Å². The fraction of sp³-hybridized carbons (Fsp3) is 0.100. The van der Waals surface area contributed by atoms with E-state index in [1.54, 1.807) is 18.2 Å². The molecule has 0 aliphatic carbocycles. The van der Waals surface area contributed by atoms with Crippen molar-refractivity contribution in [3.8, 4) is 0 Å². The van der Waals surface area contributed by atoms with Crippen molar-refractivity contribution in [3.63, 3.8) is 0 Å². The van der Waals surface area contributed by atoms with Crippen molar-refractivity contribution in [2.45, 2.75) is 4.34 Å². The van der Waals surface area contributed by atoms with Crippen molar-refractivity contribution in [2.75, 3.05) is 11.1 Å². The van der Waals surface area contributed by atoms with Gasteiger partial charge in [0.05, 0.1) is 21.5 Å². The van der Waals surface area contributed by atoms with Gasteiger partial charge in [0.2, 0.25) is 5.13 Å². The minimum atomic E-state index is -0.896. The summed E-state index contributed by atoms with van der Waals surface area (Å²) in [6, 6.07) is 5.21. The Bertz CT molecular complexity index is 606. The number of nitrogens with zero attached hydrogens (tertiary/aromatic N) is 2. The van der Waals surface area contributed by atoms with Gasteiger partial charge in [0, 0.05) is 0 Å². The van der Waals surface area contributed by atoms with Crippen LogP contribution in [0, 0.1) is 0 Å². The average Bonchev–Trinajstić information content (AvgIpc) is 2.80. The van der Waals surface area contributed by atoms with Gasteiger partial charge in [-0.3, -0.25) is 4.79 Å². The maximum absolute atomic E-state index is 10.4. The predicted molar refractivity (Wildman–Crippen MR) is 78.0 cm³/mol. The molecule has 0 saturated carbocycles. The van der Waals surface area contributed by atoms with E-state index >= 15 is 0 Å². The number of aliphatic carboxylic acids is 1. The van der Waals surface area contributed by atoms with Crippen molar-refractivity contribution in [3.05, 3.63) is 28.2 Å². The summed E-state index contributed by atoms with van der Waals surface area (Å²) in [5.41, 5.74) is 0.625. The van der Waals surface area contributed by atoms with Crippen LogP contribution in [0.5, 0.6) is 0 Å². The second kappa shape index (κ2) is 6.42. The first-order valence-corrected chi connectivity index (χ1v) is 7.51. The molecule has 1 heterocycles. The largest absolute Gasteiger partial charge is 0.481 e. The Morgan fingerprint density at radius 1 is 1.42 bits per heavy atom. The Morgan fingerprint density at radius 2 is 2.21 bits per heavy atom. The van der Waals surface area contributed by atoms with Gasteiger partial charge in [0.15, 0.2) is 4.34 Å². The first-order valence-electron chi connectivity index (χ1n) is 4.95. The number of rotatable bonds is 5. The molecule has 0 aliphatic heterocycles. The standard InChI is InChI=1S/C10H7Cl2N3O2S2/c11-5-2-1-3-6(8(5)12)13-9-14-15-10(19-9)18-4-7(16)17/h1-3H,4H2,(H,13,14)(H,16,17). The zero-order valence-electron chi connectivity index (χ0n) is 9.26. The molecule has 0 atom stereocenters. The number of halogens is 2. The van der Waals surface area contributed by atoms with Gasteiger partial charge in [-0.25, -0.2) is 0 Å². The van der Waals surface area contributed by atoms with E-state index in [0.29, 0.717) is 25.2 Å². The molecule has 5 nitrogen and oxygen atoms in total. The minimum absolute atomic E-state index is 0.0491. The monoisotopic (exact) mass is 335 g/mol. The van der Waals surface area contributed by atoms with E-state index in [9.17, 15) is 4.79 Å². The highest BCUT2D eigenvalue weighted by Gasteiger charge is 2.09. The first-order chi connectivity index (χ1) is 9.06. The van der Waals surface area contributed by atoms with E-state index in [0.717, 1.165) is 11.8 Å². The molecule has 0 aliphatic rings. The molecule has 0 amide bonds. The van der Waals surface area contributed by atoms with Crippen molar-refractivity contribution >= 4 is 63.1 Å². The van der Waals surface area contributed by atoms with E-state index in [1.807, 2.05) is 0 Å². The van der Waals surface area contributed by atoms with Crippen LogP contribution in [0.3, 0.4) is 0 Å². The van der Waals surface area contributed by atoms with Crippen molar-refractivity contribution in [1.82, 2.24) is 10.2 Å². The predicted octanol–water partition coefficient (Wildman–Crippen LogP) is 3.77. The smallest absolute Gasteiger partial charge is 0.313 e. The van der Waals surface area contributed by atoms with E-state index in [4.69, 9.17) is 28.3 Å². The Labute approximate surface area is 127 Å². The Morgan fingerprint density at radius 3 is 2.95 bits per heavy atom. The van der Waals surface area contributed by atoms with E-state index < -0.39 is 5.97 Å². The fourth-order valence-corrected chi connectivity index (χ4v) is 2.99. The number of carboxylic acid groups (broad SMARTS) is 1. The quantitative estimate of drug-likeness (QED) is 0.810. The first kappa shape index (κ1) is 14.4. The molecule has 1 aromatic carbocycles. The zero-order chi connectivity index (χ0) is 13.8. The van der Waals surface area contributed by atoms with Gasteiger partial charge in [-0.15, -0.1) is 10.2 Å². The highest BCUT2D eigenvalue weighted by Crippen LogP contribution is 2.33. The molecule has 2 rings (SSSR count). The maximum Gasteiger partial charge on any atom is 0.313 e. The third-order valence-electron chi connectivity index (χ3n) is 1.92. The molecule has 0 radical (unpaired) electrons. The molecule has 0 saturated heterocycles. The molecule has 100 valence electrons. The van der Waals surface area contributed by atoms with Gasteiger partial charge in [0.1, 0.15) is 0 Å². The normalized spacial score (nSPS) is 10.4. The lowest BCUT2D eigenvalue weighted by molar-refractivity contribution is -0.133. The number of carbonyl (C=O) groups is 1. The molecule has 1 aromatic heterocycles. The second-order valence-corrected chi connectivity index (χ2v) is 6.27. The molecular formula is C10H7Cl2N3O2S2. The lowest BCUT2D eigenvalue weighted by Crippen LogP contribution is -1.96. The van der Waals surface area contributed by atoms with Crippen LogP contribution < -0.4 is 5.32 Å². The average molecular weight is 336 g/mol. The van der Waals surface area contributed by atoms with Gasteiger partial charge < -0.3 is 10.4 Å². The summed E-state index contributed by atoms with van der Waals surface area (Å²) in [5.74, 6) is -0.945. The summed E-state index contributed by atoms with van der Waals surface area (Å²) in [6.45, 7) is 0. The van der Waals surface area contributed by atoms with Crippen LogP contribution in [0.2, 0.25) is 10.0 Å². The van der Waals surface area contributed by atoms with Crippen LogP contribution in [-0.4, -0.2) is 27.0 Å².